The highest BCUT2D eigenvalue weighted by Gasteiger charge is 2.45. The normalized spacial score (nSPS) is 26.6. The van der Waals surface area contributed by atoms with Gasteiger partial charge in [-0.1, -0.05) is 40.0 Å². The van der Waals surface area contributed by atoms with Crippen molar-refractivity contribution in [2.24, 2.45) is 17.6 Å². The smallest absolute Gasteiger partial charge is 0.253 e. The molecule has 2 unspecified atom stereocenters. The number of nitrogens with one attached hydrogen (secondary N) is 8. The van der Waals surface area contributed by atoms with E-state index in [9.17, 15) is 72.3 Å². The summed E-state index contributed by atoms with van der Waals surface area (Å²) < 4.78 is 21.0. The van der Waals surface area contributed by atoms with E-state index in [-0.39, 0.29) is 41.1 Å². The fraction of sp³-hybridized carbons (Fsp3) is 0.571. The van der Waals surface area contributed by atoms with Gasteiger partial charge in [-0.15, -0.1) is 0 Å². The third-order valence-corrected chi connectivity index (χ3v) is 15.4. The number of amides is 11. The molecule has 2 bridgehead atoms. The number of hydrogen-bond donors (Lipinski definition) is 12. The lowest BCUT2D eigenvalue weighted by atomic mass is 9.93. The van der Waals surface area contributed by atoms with Gasteiger partial charge < -0.3 is 72.9 Å². The van der Waals surface area contributed by atoms with Crippen molar-refractivity contribution in [1.29, 1.82) is 0 Å². The molecule has 28 heteroatoms. The molecule has 420 valence electrons. The van der Waals surface area contributed by atoms with Crippen LogP contribution in [0.25, 0.3) is 10.9 Å². The highest BCUT2D eigenvalue weighted by molar-refractivity contribution is 7.85. The van der Waals surface area contributed by atoms with Gasteiger partial charge in [0.1, 0.15) is 47.0 Å². The number of unbranched alkanes of at least 4 members (excludes halogenated alkanes) is 3. The number of nitrogens with two attached hydrogens (primary N) is 1. The number of nitrogens with zero attached hydrogens (tertiary/aromatic N) is 2. The Balaban J connectivity index is 1.44. The van der Waals surface area contributed by atoms with Crippen LogP contribution in [0.3, 0.4) is 0 Å². The average molecular weight is 1100 g/mol. The maximum atomic E-state index is 15.0. The van der Waals surface area contributed by atoms with Gasteiger partial charge in [-0.3, -0.25) is 61.8 Å². The van der Waals surface area contributed by atoms with Gasteiger partial charge in [-0.2, -0.15) is 0 Å². The molecule has 6 rings (SSSR count). The molecule has 13 N–H and O–H groups in total. The average Bonchev–Trinajstić information content (AvgIpc) is 4.11. The Kier molecular flexibility index (Phi) is 20.4. The number of primary amides is 1. The molecule has 2 aromatic rings. The molecule has 0 saturated carbocycles. The summed E-state index contributed by atoms with van der Waals surface area (Å²) in [5, 5.41) is 49.1. The van der Waals surface area contributed by atoms with Crippen LogP contribution in [0, 0.1) is 11.8 Å². The van der Waals surface area contributed by atoms with E-state index in [1.54, 1.807) is 32.0 Å². The maximum Gasteiger partial charge on any atom is 0.253 e. The van der Waals surface area contributed by atoms with Crippen LogP contribution in [-0.2, 0) is 70.0 Å². The molecule has 4 aliphatic rings. The van der Waals surface area contributed by atoms with E-state index in [0.717, 1.165) is 9.80 Å². The SMILES string of the molecule is CC[C@H](C)[C@@H]1NC(=O)CNC(=O)[C@@H]2Cc3c([nH]c4cc(OCCCCCCN5C(=O)C=CC5=O)ccc34)S(=O)C[C@H](NC(=O)CNC1=O)C(=O)N[C@@H](CC(N)=O)C(=O)N1C[C@H](O)CC1C(=O)N[C@@H]([C@@H](C)[C@@H](O)CO)C(=O)N2. The van der Waals surface area contributed by atoms with Crippen molar-refractivity contribution >= 4 is 86.7 Å². The number of carbonyl (C=O) groups excluding carboxylic acids is 11. The number of benzene rings is 1. The van der Waals surface area contributed by atoms with Crippen LogP contribution in [0.15, 0.2) is 35.4 Å². The van der Waals surface area contributed by atoms with Crippen LogP contribution in [0.5, 0.6) is 5.75 Å². The van der Waals surface area contributed by atoms with Crippen molar-refractivity contribution < 1.29 is 77.0 Å². The van der Waals surface area contributed by atoms with Crippen LogP contribution in [0.2, 0.25) is 0 Å². The fourth-order valence-electron chi connectivity index (χ4n) is 9.35. The molecule has 77 heavy (non-hydrogen) atoms. The maximum absolute atomic E-state index is 15.0. The first kappa shape index (κ1) is 59.0. The van der Waals surface area contributed by atoms with Crippen LogP contribution < -0.4 is 47.7 Å². The summed E-state index contributed by atoms with van der Waals surface area (Å²) in [4.78, 5) is 154. The lowest BCUT2D eigenvalue weighted by Gasteiger charge is -2.32. The van der Waals surface area contributed by atoms with E-state index in [2.05, 4.69) is 42.2 Å². The topological polar surface area (TPSA) is 407 Å². The molecule has 5 heterocycles. The van der Waals surface area contributed by atoms with E-state index >= 15 is 0 Å². The first-order chi connectivity index (χ1) is 36.6. The standard InChI is InChI=1S/C49H67N11O16S/c1-4-24(2)41-46(72)52-19-37(65)53-33-23-77(75)48-29(28-10-9-27(16-30(28)56-48)76-14-8-6-5-7-13-59-39(67)11-12-40(59)68)17-31(43(69)51-20-38(66)57-41)54-47(73)42(25(3)35(63)22-61)58-45(71)34-15-26(62)21-60(34)49(74)32(18-36(50)64)55-44(33)70/h9-12,16,24-26,31-35,41-42,56,61-63H,4-8,13-15,17-23H2,1-3H3,(H2,50,64)(H,51,69)(H,52,72)(H,53,65)(H,54,73)(H,55,70)(H,57,66)(H,58,71)/t24-,25-,26+,31-,32-,33-,34?,35-,41-,42-,77?/m0/s1. The highest BCUT2D eigenvalue weighted by Crippen LogP contribution is 2.31. The van der Waals surface area contributed by atoms with Crippen LogP contribution in [0.1, 0.15) is 71.3 Å². The van der Waals surface area contributed by atoms with Crippen LogP contribution in [-0.4, -0.2) is 193 Å². The molecule has 0 radical (unpaired) electrons. The number of aromatic nitrogens is 1. The lowest BCUT2D eigenvalue weighted by Crippen LogP contribution is -2.62. The minimum atomic E-state index is -2.41. The number of rotatable bonds is 15. The highest BCUT2D eigenvalue weighted by atomic mass is 32.2. The first-order valence-corrected chi connectivity index (χ1v) is 26.7. The number of aromatic amines is 1. The first-order valence-electron chi connectivity index (χ1n) is 25.4. The second-order valence-corrected chi connectivity index (χ2v) is 21.0. The Bertz CT molecular complexity index is 2660. The van der Waals surface area contributed by atoms with E-state index in [1.807, 2.05) is 0 Å². The van der Waals surface area contributed by atoms with E-state index < -0.39 is 176 Å². The lowest BCUT2D eigenvalue weighted by molar-refractivity contribution is -0.144. The molecular weight excluding hydrogens is 1030 g/mol. The molecule has 4 aliphatic heterocycles. The molecule has 1 aromatic heterocycles. The molecular formula is C49H67N11O16S. The molecule has 11 atom stereocenters. The predicted octanol–water partition coefficient (Wildman–Crippen LogP) is -4.76. The summed E-state index contributed by atoms with van der Waals surface area (Å²) in [6.45, 7) is 2.23. The summed E-state index contributed by atoms with van der Waals surface area (Å²) in [5.74, 6) is -12.3. The third kappa shape index (κ3) is 15.0. The summed E-state index contributed by atoms with van der Waals surface area (Å²) in [6.07, 6.45) is 0.499. The Hall–Kier alpha value is -7.30. The second-order valence-electron chi connectivity index (χ2n) is 19.6. The summed E-state index contributed by atoms with van der Waals surface area (Å²) >= 11 is 0. The predicted molar refractivity (Wildman–Crippen MR) is 270 cm³/mol. The molecule has 1 aromatic carbocycles. The monoisotopic (exact) mass is 1100 g/mol. The molecule has 1 fully saturated rings. The number of ether oxygens (including phenoxy) is 1. The van der Waals surface area contributed by atoms with Gasteiger partial charge in [-0.25, -0.2) is 0 Å². The van der Waals surface area contributed by atoms with Gasteiger partial charge in [-0.05, 0) is 36.5 Å². The minimum Gasteiger partial charge on any atom is -0.494 e. The van der Waals surface area contributed by atoms with Crippen LogP contribution in [0.4, 0.5) is 0 Å². The van der Waals surface area contributed by atoms with Crippen molar-refractivity contribution in [3.63, 3.8) is 0 Å². The summed E-state index contributed by atoms with van der Waals surface area (Å²) in [5.41, 5.74) is 5.93. The zero-order valence-corrected chi connectivity index (χ0v) is 43.6. The number of fused-ring (bicyclic) bond motifs is 5. The Morgan fingerprint density at radius 1 is 0.818 bits per heavy atom. The van der Waals surface area contributed by atoms with Gasteiger partial charge in [0, 0.05) is 55.5 Å². The molecule has 11 amide bonds. The number of aliphatic hydroxyl groups excluding tert-OH is 3. The molecule has 0 aliphatic carbocycles. The van der Waals surface area contributed by atoms with E-state index in [4.69, 9.17) is 10.5 Å². The number of carbonyl (C=O) groups is 11. The fourth-order valence-corrected chi connectivity index (χ4v) is 10.7. The Morgan fingerprint density at radius 2 is 1.49 bits per heavy atom. The molecule has 1 saturated heterocycles. The van der Waals surface area contributed by atoms with Crippen molar-refractivity contribution in [3.8, 4) is 5.75 Å². The Morgan fingerprint density at radius 3 is 2.17 bits per heavy atom. The minimum absolute atomic E-state index is 0.109. The largest absolute Gasteiger partial charge is 0.494 e. The van der Waals surface area contributed by atoms with Crippen molar-refractivity contribution in [2.45, 2.75) is 126 Å². The quantitative estimate of drug-likeness (QED) is 0.0589. The van der Waals surface area contributed by atoms with Gasteiger partial charge in [0.15, 0.2) is 0 Å². The van der Waals surface area contributed by atoms with Crippen molar-refractivity contribution in [2.75, 3.05) is 45.1 Å². The van der Waals surface area contributed by atoms with Crippen molar-refractivity contribution in [1.82, 2.24) is 52.0 Å². The summed E-state index contributed by atoms with van der Waals surface area (Å²) in [7, 11) is -2.41. The van der Waals surface area contributed by atoms with E-state index in [0.29, 0.717) is 43.2 Å². The Labute approximate surface area is 444 Å². The number of H-pyrrole nitrogens is 1. The zero-order valence-electron chi connectivity index (χ0n) is 42.8. The number of hydrogen-bond acceptors (Lipinski definition) is 16. The van der Waals surface area contributed by atoms with Crippen LogP contribution >= 0.6 is 0 Å². The summed E-state index contributed by atoms with van der Waals surface area (Å²) in [6, 6.07) is -5.33. The number of aliphatic hydroxyl groups is 3. The van der Waals surface area contributed by atoms with E-state index in [1.165, 1.54) is 19.1 Å². The van der Waals surface area contributed by atoms with Gasteiger partial charge >= 0.3 is 0 Å². The third-order valence-electron chi connectivity index (χ3n) is 14.0. The molecule has 27 nitrogen and oxygen atoms in total. The van der Waals surface area contributed by atoms with Gasteiger partial charge in [0.05, 0.1) is 67.0 Å². The van der Waals surface area contributed by atoms with Gasteiger partial charge in [0.2, 0.25) is 53.2 Å². The zero-order chi connectivity index (χ0) is 56.2. The second kappa shape index (κ2) is 26.6. The van der Waals surface area contributed by atoms with Gasteiger partial charge in [0.25, 0.3) is 11.8 Å². The number of imide groups is 1. The molecule has 0 spiro atoms. The van der Waals surface area contributed by atoms with Crippen molar-refractivity contribution in [3.05, 3.63) is 35.9 Å².